The van der Waals surface area contributed by atoms with Gasteiger partial charge in [0, 0.05) is 48.4 Å². The Bertz CT molecular complexity index is 1580. The van der Waals surface area contributed by atoms with Crippen LogP contribution in [-0.2, 0) is 25.4 Å². The van der Waals surface area contributed by atoms with Gasteiger partial charge in [0.2, 0.25) is 0 Å². The fourth-order valence-electron chi connectivity index (χ4n) is 8.31. The molecule has 1 saturated carbocycles. The second-order valence-electron chi connectivity index (χ2n) is 12.9. The number of nitrogens with one attached hydrogen (secondary N) is 1. The van der Waals surface area contributed by atoms with Crippen molar-refractivity contribution in [3.8, 4) is 17.2 Å². The standard InChI is InChI=1S/C36H46N2O8/c1-8-19(2)31-28(42-4)13-20(14-29(31)43-5)35(39)46-30-15-21-18-38-12-11-24-23-10-9-22(41-3)16-26(23)37-33(24)27(38)17-25(21)32(34(30)44-6)36(40)45-7/h9-10,13-14,16,19,21,25,27,30,32,34,37H,8,11-12,15,17-18H2,1-7H3. The SMILES string of the molecule is CCC(C)c1c(OC)cc(C(=O)OC2CC3CN4CCc5c([nH]c6cc(OC)ccc56)C4CC3C(C(=O)OC)C2OC)cc1OC. The van der Waals surface area contributed by atoms with Gasteiger partial charge in [0.15, 0.2) is 0 Å². The molecule has 0 amide bonds. The van der Waals surface area contributed by atoms with Crippen molar-refractivity contribution in [2.45, 2.75) is 63.7 Å². The van der Waals surface area contributed by atoms with Crippen molar-refractivity contribution < 1.29 is 38.0 Å². The number of carbonyl (C=O) groups excluding carboxylic acids is 2. The predicted molar refractivity (Wildman–Crippen MR) is 173 cm³/mol. The Hall–Kier alpha value is -3.76. The van der Waals surface area contributed by atoms with Gasteiger partial charge in [-0.1, -0.05) is 13.8 Å². The van der Waals surface area contributed by atoms with Crippen LogP contribution in [0, 0.1) is 17.8 Å². The number of benzene rings is 2. The minimum Gasteiger partial charge on any atom is -0.497 e. The van der Waals surface area contributed by atoms with Crippen molar-refractivity contribution in [1.29, 1.82) is 0 Å². The Kier molecular flexibility index (Phi) is 9.21. The molecule has 2 fully saturated rings. The van der Waals surface area contributed by atoms with Crippen molar-refractivity contribution in [3.05, 3.63) is 52.7 Å². The number of H-pyrrole nitrogens is 1. The van der Waals surface area contributed by atoms with E-state index in [2.05, 4.69) is 29.8 Å². The summed E-state index contributed by atoms with van der Waals surface area (Å²) in [6.07, 6.45) is 1.90. The molecule has 7 unspecified atom stereocenters. The molecule has 0 bridgehead atoms. The number of aromatic amines is 1. The third-order valence-electron chi connectivity index (χ3n) is 10.7. The van der Waals surface area contributed by atoms with Gasteiger partial charge in [-0.15, -0.1) is 0 Å². The fraction of sp³-hybridized carbons (Fsp3) is 0.556. The maximum absolute atomic E-state index is 13.7. The predicted octanol–water partition coefficient (Wildman–Crippen LogP) is 5.68. The van der Waals surface area contributed by atoms with E-state index in [0.29, 0.717) is 23.5 Å². The molecule has 248 valence electrons. The lowest BCUT2D eigenvalue weighted by Crippen LogP contribution is -2.58. The van der Waals surface area contributed by atoms with E-state index in [4.69, 9.17) is 28.4 Å². The van der Waals surface area contributed by atoms with Gasteiger partial charge in [-0.05, 0) is 73.3 Å². The van der Waals surface area contributed by atoms with E-state index in [1.165, 1.54) is 23.8 Å². The lowest BCUT2D eigenvalue weighted by Gasteiger charge is -2.52. The van der Waals surface area contributed by atoms with Crippen molar-refractivity contribution in [1.82, 2.24) is 9.88 Å². The van der Waals surface area contributed by atoms with E-state index in [1.54, 1.807) is 40.6 Å². The molecule has 10 nitrogen and oxygen atoms in total. The number of carbonyl (C=O) groups is 2. The lowest BCUT2D eigenvalue weighted by atomic mass is 9.63. The number of methoxy groups -OCH3 is 5. The molecule has 2 aromatic carbocycles. The van der Waals surface area contributed by atoms with Gasteiger partial charge in [-0.2, -0.15) is 0 Å². The summed E-state index contributed by atoms with van der Waals surface area (Å²) in [5.74, 6) is 0.842. The highest BCUT2D eigenvalue weighted by Gasteiger charge is 2.54. The normalized spacial score (nSPS) is 26.3. The molecule has 0 radical (unpaired) electrons. The number of nitrogens with zero attached hydrogens (tertiary/aromatic N) is 1. The third-order valence-corrected chi connectivity index (χ3v) is 10.7. The number of fused-ring (bicyclic) bond motifs is 6. The Morgan fingerprint density at radius 2 is 1.74 bits per heavy atom. The summed E-state index contributed by atoms with van der Waals surface area (Å²) in [5, 5.41) is 1.22. The first-order valence-corrected chi connectivity index (χ1v) is 16.3. The first-order chi connectivity index (χ1) is 22.3. The molecule has 3 heterocycles. The topological polar surface area (TPSA) is 109 Å². The third kappa shape index (κ3) is 5.49. The zero-order valence-corrected chi connectivity index (χ0v) is 27.9. The Morgan fingerprint density at radius 3 is 2.37 bits per heavy atom. The van der Waals surface area contributed by atoms with E-state index >= 15 is 0 Å². The smallest absolute Gasteiger partial charge is 0.338 e. The number of hydrogen-bond acceptors (Lipinski definition) is 9. The minimum atomic E-state index is -0.651. The van der Waals surface area contributed by atoms with E-state index in [0.717, 1.165) is 49.2 Å². The molecule has 1 aromatic heterocycles. The summed E-state index contributed by atoms with van der Waals surface area (Å²) in [5.41, 5.74) is 4.86. The van der Waals surface area contributed by atoms with Crippen LogP contribution < -0.4 is 14.2 Å². The van der Waals surface area contributed by atoms with Gasteiger partial charge >= 0.3 is 11.9 Å². The summed E-state index contributed by atoms with van der Waals surface area (Å²) in [7, 11) is 7.85. The molecule has 46 heavy (non-hydrogen) atoms. The maximum Gasteiger partial charge on any atom is 0.338 e. The van der Waals surface area contributed by atoms with Crippen LogP contribution in [0.3, 0.4) is 0 Å². The van der Waals surface area contributed by atoms with Crippen LogP contribution in [0.4, 0.5) is 0 Å². The minimum absolute atomic E-state index is 0.00416. The number of piperidine rings is 1. The van der Waals surface area contributed by atoms with Crippen LogP contribution in [-0.4, -0.2) is 82.7 Å². The Balaban J connectivity index is 1.29. The van der Waals surface area contributed by atoms with E-state index < -0.39 is 24.1 Å². The van der Waals surface area contributed by atoms with E-state index in [-0.39, 0.29) is 29.8 Å². The van der Waals surface area contributed by atoms with Gasteiger partial charge in [0.05, 0.1) is 46.0 Å². The fourth-order valence-corrected chi connectivity index (χ4v) is 8.31. The molecular formula is C36H46N2O8. The molecular weight excluding hydrogens is 588 g/mol. The molecule has 2 aliphatic heterocycles. The van der Waals surface area contributed by atoms with Crippen molar-refractivity contribution >= 4 is 22.8 Å². The average molecular weight is 635 g/mol. The molecule has 3 aliphatic rings. The largest absolute Gasteiger partial charge is 0.497 e. The second-order valence-corrected chi connectivity index (χ2v) is 12.9. The van der Waals surface area contributed by atoms with Crippen LogP contribution >= 0.6 is 0 Å². The number of hydrogen-bond donors (Lipinski definition) is 1. The molecule has 6 rings (SSSR count). The van der Waals surface area contributed by atoms with Gasteiger partial charge in [0.25, 0.3) is 0 Å². The summed E-state index contributed by atoms with van der Waals surface area (Å²) in [6, 6.07) is 9.74. The van der Waals surface area contributed by atoms with Gasteiger partial charge in [0.1, 0.15) is 29.5 Å². The van der Waals surface area contributed by atoms with Gasteiger partial charge < -0.3 is 33.4 Å². The highest BCUT2D eigenvalue weighted by Crippen LogP contribution is 2.51. The quantitative estimate of drug-likeness (QED) is 0.298. The van der Waals surface area contributed by atoms with Crippen LogP contribution in [0.5, 0.6) is 17.2 Å². The van der Waals surface area contributed by atoms with Crippen LogP contribution in [0.15, 0.2) is 30.3 Å². The van der Waals surface area contributed by atoms with Crippen molar-refractivity contribution in [3.63, 3.8) is 0 Å². The molecule has 0 spiro atoms. The van der Waals surface area contributed by atoms with Crippen molar-refractivity contribution in [2.75, 3.05) is 48.6 Å². The number of aromatic nitrogens is 1. The highest BCUT2D eigenvalue weighted by molar-refractivity contribution is 5.91. The van der Waals surface area contributed by atoms with Gasteiger partial charge in [-0.3, -0.25) is 9.69 Å². The first kappa shape index (κ1) is 32.2. The summed E-state index contributed by atoms with van der Waals surface area (Å²) in [4.78, 5) is 33.4. The Morgan fingerprint density at radius 1 is 1.00 bits per heavy atom. The van der Waals surface area contributed by atoms with Crippen LogP contribution in [0.25, 0.3) is 10.9 Å². The maximum atomic E-state index is 13.7. The molecule has 10 heteroatoms. The summed E-state index contributed by atoms with van der Waals surface area (Å²) < 4.78 is 34.4. The molecule has 1 saturated heterocycles. The van der Waals surface area contributed by atoms with E-state index in [9.17, 15) is 9.59 Å². The molecule has 3 aromatic rings. The number of rotatable bonds is 9. The molecule has 1 N–H and O–H groups in total. The molecule has 1 aliphatic carbocycles. The van der Waals surface area contributed by atoms with Crippen molar-refractivity contribution in [2.24, 2.45) is 17.8 Å². The number of esters is 2. The zero-order chi connectivity index (χ0) is 32.7. The second kappa shape index (κ2) is 13.2. The van der Waals surface area contributed by atoms with Crippen LogP contribution in [0.1, 0.15) is 72.2 Å². The highest BCUT2D eigenvalue weighted by atomic mass is 16.6. The zero-order valence-electron chi connectivity index (χ0n) is 27.9. The molecule has 7 atom stereocenters. The summed E-state index contributed by atoms with van der Waals surface area (Å²) in [6.45, 7) is 5.90. The lowest BCUT2D eigenvalue weighted by molar-refractivity contribution is -0.176. The Labute approximate surface area is 270 Å². The number of ether oxygens (including phenoxy) is 6. The monoisotopic (exact) mass is 634 g/mol. The first-order valence-electron chi connectivity index (χ1n) is 16.3. The average Bonchev–Trinajstić information content (AvgIpc) is 3.47. The van der Waals surface area contributed by atoms with Gasteiger partial charge in [-0.25, -0.2) is 4.79 Å². The van der Waals surface area contributed by atoms with E-state index in [1.807, 2.05) is 12.1 Å². The summed E-state index contributed by atoms with van der Waals surface area (Å²) >= 11 is 0. The van der Waals surface area contributed by atoms with Crippen LogP contribution in [0.2, 0.25) is 0 Å².